The highest BCUT2D eigenvalue weighted by Gasteiger charge is 2.57. The van der Waals surface area contributed by atoms with Gasteiger partial charge in [0.05, 0.1) is 6.10 Å². The monoisotopic (exact) mass is 337 g/mol. The zero-order chi connectivity index (χ0) is 17.8. The maximum atomic E-state index is 14.2. The number of aliphatic hydroxyl groups excluding tert-OH is 2. The molecule has 9 heteroatoms. The van der Waals surface area contributed by atoms with E-state index in [4.69, 9.17) is 11.2 Å². The average molecular weight is 337 g/mol. The Balaban J connectivity index is 2.24. The molecular formula is C15H16FN3O5. The van der Waals surface area contributed by atoms with Gasteiger partial charge in [0.2, 0.25) is 0 Å². The van der Waals surface area contributed by atoms with E-state index in [0.29, 0.717) is 0 Å². The Bertz CT molecular complexity index is 899. The second kappa shape index (κ2) is 5.39. The number of aromatic amines is 1. The maximum absolute atomic E-state index is 14.2. The SMILES string of the molecule is C#CC1(O)[C@@H](O)[C@@H]([C@@H](C)O)O[C@H]1n1cc(F)c2c(=O)[nH]c(C)nc21. The van der Waals surface area contributed by atoms with Crippen LogP contribution >= 0.6 is 0 Å². The number of rotatable bonds is 2. The predicted molar refractivity (Wildman–Crippen MR) is 80.4 cm³/mol. The Hall–Kier alpha value is -2.25. The molecule has 0 radical (unpaired) electrons. The second-order valence-corrected chi connectivity index (χ2v) is 5.84. The van der Waals surface area contributed by atoms with Crippen LogP contribution in [-0.2, 0) is 4.74 Å². The molecule has 1 fully saturated rings. The predicted octanol–water partition coefficient (Wildman–Crippen LogP) is -0.824. The lowest BCUT2D eigenvalue weighted by Crippen LogP contribution is -2.47. The van der Waals surface area contributed by atoms with Crippen molar-refractivity contribution in [1.82, 2.24) is 14.5 Å². The van der Waals surface area contributed by atoms with Gasteiger partial charge in [-0.05, 0) is 13.8 Å². The molecule has 0 amide bonds. The van der Waals surface area contributed by atoms with Crippen LogP contribution < -0.4 is 5.56 Å². The van der Waals surface area contributed by atoms with Crippen molar-refractivity contribution in [3.8, 4) is 12.3 Å². The Morgan fingerprint density at radius 3 is 2.88 bits per heavy atom. The summed E-state index contributed by atoms with van der Waals surface area (Å²) in [5.74, 6) is 1.38. The lowest BCUT2D eigenvalue weighted by Gasteiger charge is -2.26. The summed E-state index contributed by atoms with van der Waals surface area (Å²) in [6, 6.07) is 0. The molecule has 3 rings (SSSR count). The fourth-order valence-corrected chi connectivity index (χ4v) is 2.94. The molecule has 1 aliphatic heterocycles. The molecule has 2 aromatic rings. The van der Waals surface area contributed by atoms with Gasteiger partial charge >= 0.3 is 0 Å². The number of fused-ring (bicyclic) bond motifs is 1. The van der Waals surface area contributed by atoms with Crippen molar-refractivity contribution in [3.05, 3.63) is 28.2 Å². The van der Waals surface area contributed by atoms with Crippen molar-refractivity contribution in [1.29, 1.82) is 0 Å². The number of nitrogens with one attached hydrogen (secondary N) is 1. The highest BCUT2D eigenvalue weighted by molar-refractivity contribution is 5.76. The van der Waals surface area contributed by atoms with Gasteiger partial charge in [0.15, 0.2) is 23.3 Å². The summed E-state index contributed by atoms with van der Waals surface area (Å²) in [7, 11) is 0. The van der Waals surface area contributed by atoms with Gasteiger partial charge in [-0.15, -0.1) is 6.42 Å². The molecule has 4 N–H and O–H groups in total. The van der Waals surface area contributed by atoms with Crippen LogP contribution in [0.15, 0.2) is 11.0 Å². The molecule has 0 bridgehead atoms. The first-order valence-corrected chi connectivity index (χ1v) is 7.19. The number of nitrogens with zero attached hydrogens (tertiary/aromatic N) is 2. The zero-order valence-corrected chi connectivity index (χ0v) is 12.9. The number of terminal acetylenes is 1. The molecule has 0 spiro atoms. The number of halogens is 1. The molecule has 1 aliphatic rings. The van der Waals surface area contributed by atoms with E-state index < -0.39 is 41.5 Å². The van der Waals surface area contributed by atoms with Gasteiger partial charge in [-0.1, -0.05) is 5.92 Å². The smallest absolute Gasteiger partial charge is 0.263 e. The van der Waals surface area contributed by atoms with Crippen LogP contribution in [0.1, 0.15) is 19.0 Å². The molecule has 8 nitrogen and oxygen atoms in total. The van der Waals surface area contributed by atoms with Gasteiger partial charge in [0.25, 0.3) is 5.56 Å². The molecule has 0 aliphatic carbocycles. The summed E-state index contributed by atoms with van der Waals surface area (Å²) < 4.78 is 20.7. The van der Waals surface area contributed by atoms with E-state index >= 15 is 0 Å². The molecule has 1 unspecified atom stereocenters. The van der Waals surface area contributed by atoms with Crippen LogP contribution in [0.5, 0.6) is 0 Å². The highest BCUT2D eigenvalue weighted by atomic mass is 19.1. The van der Waals surface area contributed by atoms with Gasteiger partial charge in [-0.2, -0.15) is 0 Å². The first-order valence-electron chi connectivity index (χ1n) is 7.19. The molecule has 1 saturated heterocycles. The highest BCUT2D eigenvalue weighted by Crippen LogP contribution is 2.40. The fourth-order valence-electron chi connectivity index (χ4n) is 2.94. The first-order chi connectivity index (χ1) is 11.2. The van der Waals surface area contributed by atoms with Crippen LogP contribution in [0.4, 0.5) is 4.39 Å². The Morgan fingerprint density at radius 1 is 1.62 bits per heavy atom. The number of H-pyrrole nitrogens is 1. The van der Waals surface area contributed by atoms with E-state index in [1.165, 1.54) is 13.8 Å². The van der Waals surface area contributed by atoms with Crippen LogP contribution in [0.3, 0.4) is 0 Å². The van der Waals surface area contributed by atoms with E-state index in [9.17, 15) is 24.5 Å². The normalized spacial score (nSPS) is 31.3. The summed E-state index contributed by atoms with van der Waals surface area (Å²) in [6.07, 6.45) is 0.869. The molecule has 24 heavy (non-hydrogen) atoms. The summed E-state index contributed by atoms with van der Waals surface area (Å²) in [4.78, 5) is 18.4. The molecule has 3 heterocycles. The minimum Gasteiger partial charge on any atom is -0.391 e. The third-order valence-electron chi connectivity index (χ3n) is 4.14. The minimum absolute atomic E-state index is 0.0918. The third kappa shape index (κ3) is 2.16. The standard InChI is InChI=1S/C15H16FN3O5/c1-4-15(23)11(21)10(6(2)20)24-14(15)19-5-8(16)9-12(19)17-7(3)18-13(9)22/h1,5-6,10-11,14,20-21,23H,2-3H3,(H,17,18,22)/t6-,10-,11+,14-,15?/m1/s1. The number of aliphatic hydroxyl groups is 3. The minimum atomic E-state index is -2.24. The quantitative estimate of drug-likeness (QED) is 0.531. The summed E-state index contributed by atoms with van der Waals surface area (Å²) in [5, 5.41) is 30.2. The molecule has 128 valence electrons. The number of hydrogen-bond acceptors (Lipinski definition) is 6. The number of aromatic nitrogens is 3. The maximum Gasteiger partial charge on any atom is 0.263 e. The Morgan fingerprint density at radius 2 is 2.29 bits per heavy atom. The van der Waals surface area contributed by atoms with Gasteiger partial charge in [-0.25, -0.2) is 9.37 Å². The van der Waals surface area contributed by atoms with Crippen LogP contribution in [0.25, 0.3) is 11.0 Å². The summed E-state index contributed by atoms with van der Waals surface area (Å²) in [5.41, 5.74) is -3.02. The Labute approximate surface area is 135 Å². The van der Waals surface area contributed by atoms with Crippen LogP contribution in [-0.4, -0.2) is 53.8 Å². The van der Waals surface area contributed by atoms with Crippen LogP contribution in [0, 0.1) is 25.1 Å². The molecule has 0 saturated carbocycles. The van der Waals surface area contributed by atoms with Crippen molar-refractivity contribution < 1.29 is 24.4 Å². The molecule has 5 atom stereocenters. The van der Waals surface area contributed by atoms with Crippen molar-refractivity contribution in [2.75, 3.05) is 0 Å². The van der Waals surface area contributed by atoms with Gasteiger partial charge in [0.1, 0.15) is 23.4 Å². The number of ether oxygens (including phenoxy) is 1. The van der Waals surface area contributed by atoms with E-state index in [1.54, 1.807) is 0 Å². The van der Waals surface area contributed by atoms with Crippen molar-refractivity contribution >= 4 is 11.0 Å². The lowest BCUT2D eigenvalue weighted by molar-refractivity contribution is -0.0846. The van der Waals surface area contributed by atoms with Gasteiger partial charge in [0, 0.05) is 6.20 Å². The Kier molecular flexibility index (Phi) is 3.73. The van der Waals surface area contributed by atoms with E-state index in [-0.39, 0.29) is 16.9 Å². The molecule has 0 aromatic carbocycles. The topological polar surface area (TPSA) is 121 Å². The second-order valence-electron chi connectivity index (χ2n) is 5.84. The largest absolute Gasteiger partial charge is 0.391 e. The average Bonchev–Trinajstić information content (AvgIpc) is 2.95. The van der Waals surface area contributed by atoms with Gasteiger partial charge in [-0.3, -0.25) is 9.36 Å². The summed E-state index contributed by atoms with van der Waals surface area (Å²) >= 11 is 0. The van der Waals surface area contributed by atoms with E-state index in [1.807, 2.05) is 5.92 Å². The van der Waals surface area contributed by atoms with E-state index in [0.717, 1.165) is 10.8 Å². The molecular weight excluding hydrogens is 321 g/mol. The van der Waals surface area contributed by atoms with Crippen molar-refractivity contribution in [3.63, 3.8) is 0 Å². The summed E-state index contributed by atoms with van der Waals surface area (Å²) in [6.45, 7) is 2.86. The van der Waals surface area contributed by atoms with Crippen molar-refractivity contribution in [2.24, 2.45) is 0 Å². The number of hydrogen-bond donors (Lipinski definition) is 4. The fraction of sp³-hybridized carbons (Fsp3) is 0.467. The van der Waals surface area contributed by atoms with Crippen molar-refractivity contribution in [2.45, 2.75) is 44.0 Å². The van der Waals surface area contributed by atoms with Gasteiger partial charge < -0.3 is 25.0 Å². The van der Waals surface area contributed by atoms with E-state index in [2.05, 4.69) is 9.97 Å². The lowest BCUT2D eigenvalue weighted by atomic mass is 9.93. The number of aryl methyl sites for hydroxylation is 1. The van der Waals surface area contributed by atoms with Crippen LogP contribution in [0.2, 0.25) is 0 Å². The zero-order valence-electron chi connectivity index (χ0n) is 12.9. The molecule has 2 aromatic heterocycles. The first kappa shape index (κ1) is 16.6. The third-order valence-corrected chi connectivity index (χ3v) is 4.14.